The highest BCUT2D eigenvalue weighted by Crippen LogP contribution is 2.28. The highest BCUT2D eigenvalue weighted by molar-refractivity contribution is 7.99. The van der Waals surface area contributed by atoms with E-state index in [2.05, 4.69) is 5.32 Å². The van der Waals surface area contributed by atoms with Crippen LogP contribution < -0.4 is 9.62 Å². The fraction of sp³-hybridized carbons (Fsp3) is 0.450. The molecule has 0 atom stereocenters. The molecular formula is C20H26N2O3S3. The van der Waals surface area contributed by atoms with E-state index in [1.807, 2.05) is 11.8 Å². The predicted molar refractivity (Wildman–Crippen MR) is 118 cm³/mol. The first-order valence-corrected chi connectivity index (χ1v) is 12.9. The van der Waals surface area contributed by atoms with E-state index in [4.69, 9.17) is 0 Å². The fourth-order valence-corrected chi connectivity index (χ4v) is 6.81. The minimum atomic E-state index is -3.56. The van der Waals surface area contributed by atoms with Gasteiger partial charge in [0.1, 0.15) is 4.21 Å². The number of carbonyl (C=O) groups is 1. The summed E-state index contributed by atoms with van der Waals surface area (Å²) in [6.07, 6.45) is 6.59. The van der Waals surface area contributed by atoms with Gasteiger partial charge in [0.25, 0.3) is 15.9 Å². The molecule has 152 valence electrons. The molecule has 1 aliphatic carbocycles. The molecule has 5 nitrogen and oxygen atoms in total. The number of anilines is 1. The maximum absolute atomic E-state index is 12.6. The minimum absolute atomic E-state index is 0.125. The van der Waals surface area contributed by atoms with Gasteiger partial charge >= 0.3 is 0 Å². The molecule has 0 spiro atoms. The summed E-state index contributed by atoms with van der Waals surface area (Å²) in [6, 6.07) is 9.96. The van der Waals surface area contributed by atoms with Gasteiger partial charge in [0.15, 0.2) is 0 Å². The third-order valence-corrected chi connectivity index (χ3v) is 9.44. The molecule has 0 saturated heterocycles. The number of hydrogen-bond acceptors (Lipinski definition) is 5. The summed E-state index contributed by atoms with van der Waals surface area (Å²) >= 11 is 3.14. The van der Waals surface area contributed by atoms with Crippen molar-refractivity contribution in [1.82, 2.24) is 5.32 Å². The molecule has 1 aliphatic rings. The summed E-state index contributed by atoms with van der Waals surface area (Å²) in [5, 5.41) is 5.43. The van der Waals surface area contributed by atoms with Gasteiger partial charge in [-0.3, -0.25) is 9.10 Å². The molecule has 1 amide bonds. The van der Waals surface area contributed by atoms with Crippen molar-refractivity contribution < 1.29 is 13.2 Å². The molecule has 1 heterocycles. The van der Waals surface area contributed by atoms with Crippen LogP contribution in [-0.4, -0.2) is 38.9 Å². The van der Waals surface area contributed by atoms with Crippen LogP contribution in [0.1, 0.15) is 42.5 Å². The van der Waals surface area contributed by atoms with Crippen molar-refractivity contribution in [1.29, 1.82) is 0 Å². The first-order chi connectivity index (χ1) is 13.5. The van der Waals surface area contributed by atoms with Crippen molar-refractivity contribution in [2.75, 3.05) is 23.7 Å². The van der Waals surface area contributed by atoms with Crippen LogP contribution in [0.5, 0.6) is 0 Å². The number of benzene rings is 1. The maximum Gasteiger partial charge on any atom is 0.273 e. The monoisotopic (exact) mass is 438 g/mol. The highest BCUT2D eigenvalue weighted by Gasteiger charge is 2.22. The zero-order valence-corrected chi connectivity index (χ0v) is 18.4. The number of thioether (sulfide) groups is 1. The number of rotatable bonds is 8. The maximum atomic E-state index is 12.6. The predicted octanol–water partition coefficient (Wildman–Crippen LogP) is 4.37. The second kappa shape index (κ2) is 9.80. The van der Waals surface area contributed by atoms with Gasteiger partial charge in [-0.05, 0) is 48.6 Å². The van der Waals surface area contributed by atoms with Gasteiger partial charge in [0.05, 0.1) is 5.69 Å². The molecule has 0 unspecified atom stereocenters. The topological polar surface area (TPSA) is 66.5 Å². The SMILES string of the molecule is CN(c1ccc(C(=O)NCCSC2CCCCC2)cc1)S(=O)(=O)c1cccs1. The third kappa shape index (κ3) is 5.30. The van der Waals surface area contributed by atoms with Crippen LogP contribution in [0, 0.1) is 0 Å². The number of sulfonamides is 1. The Hall–Kier alpha value is -1.51. The number of amides is 1. The van der Waals surface area contributed by atoms with Gasteiger partial charge in [-0.1, -0.05) is 25.3 Å². The van der Waals surface area contributed by atoms with Gasteiger partial charge in [-0.25, -0.2) is 8.42 Å². The van der Waals surface area contributed by atoms with Crippen molar-refractivity contribution in [3.05, 3.63) is 47.3 Å². The Labute approximate surface area is 175 Å². The van der Waals surface area contributed by atoms with Crippen LogP contribution in [0.3, 0.4) is 0 Å². The average Bonchev–Trinajstić information content (AvgIpc) is 3.27. The van der Waals surface area contributed by atoms with E-state index >= 15 is 0 Å². The van der Waals surface area contributed by atoms with E-state index in [-0.39, 0.29) is 5.91 Å². The van der Waals surface area contributed by atoms with Gasteiger partial charge < -0.3 is 5.32 Å². The second-order valence-electron chi connectivity index (χ2n) is 6.84. The molecule has 1 aromatic heterocycles. The Kier molecular flexibility index (Phi) is 7.42. The van der Waals surface area contributed by atoms with Crippen molar-refractivity contribution >= 4 is 44.7 Å². The molecule has 0 bridgehead atoms. The Morgan fingerprint density at radius 2 is 1.89 bits per heavy atom. The summed E-state index contributed by atoms with van der Waals surface area (Å²) < 4.78 is 26.7. The van der Waals surface area contributed by atoms with E-state index in [9.17, 15) is 13.2 Å². The summed E-state index contributed by atoms with van der Waals surface area (Å²) in [6.45, 7) is 0.647. The minimum Gasteiger partial charge on any atom is -0.351 e. The Bertz CT molecular complexity index is 859. The lowest BCUT2D eigenvalue weighted by Crippen LogP contribution is -2.27. The average molecular weight is 439 g/mol. The number of hydrogen-bond donors (Lipinski definition) is 1. The summed E-state index contributed by atoms with van der Waals surface area (Å²) in [7, 11) is -2.04. The van der Waals surface area contributed by atoms with Crippen LogP contribution >= 0.6 is 23.1 Å². The lowest BCUT2D eigenvalue weighted by molar-refractivity contribution is 0.0956. The van der Waals surface area contributed by atoms with E-state index in [1.54, 1.807) is 41.8 Å². The summed E-state index contributed by atoms with van der Waals surface area (Å²) in [5.74, 6) is 0.801. The standard InChI is InChI=1S/C20H26N2O3S3/c1-22(28(24,25)19-8-5-14-27-19)17-11-9-16(10-12-17)20(23)21-13-15-26-18-6-3-2-4-7-18/h5,8-12,14,18H,2-4,6-7,13,15H2,1H3,(H,21,23). The molecule has 0 aliphatic heterocycles. The molecular weight excluding hydrogens is 412 g/mol. The van der Waals surface area contributed by atoms with Gasteiger partial charge in [-0.2, -0.15) is 11.8 Å². The second-order valence-corrected chi connectivity index (χ2v) is 11.4. The van der Waals surface area contributed by atoms with Crippen molar-refractivity contribution in [2.45, 2.75) is 41.6 Å². The molecule has 1 N–H and O–H groups in total. The number of nitrogens with one attached hydrogen (secondary N) is 1. The summed E-state index contributed by atoms with van der Waals surface area (Å²) in [5.41, 5.74) is 1.06. The quantitative estimate of drug-likeness (QED) is 0.622. The Balaban J connectivity index is 1.51. The van der Waals surface area contributed by atoms with Crippen molar-refractivity contribution in [2.24, 2.45) is 0 Å². The van der Waals surface area contributed by atoms with Crippen LogP contribution in [-0.2, 0) is 10.0 Å². The lowest BCUT2D eigenvalue weighted by atomic mass is 10.0. The Morgan fingerprint density at radius 1 is 1.18 bits per heavy atom. The van der Waals surface area contributed by atoms with Gasteiger partial charge in [0.2, 0.25) is 0 Å². The highest BCUT2D eigenvalue weighted by atomic mass is 32.2. The van der Waals surface area contributed by atoms with Gasteiger partial charge in [0, 0.05) is 30.2 Å². The molecule has 28 heavy (non-hydrogen) atoms. The Morgan fingerprint density at radius 3 is 2.54 bits per heavy atom. The van der Waals surface area contributed by atoms with Gasteiger partial charge in [-0.15, -0.1) is 11.3 Å². The lowest BCUT2D eigenvalue weighted by Gasteiger charge is -2.21. The number of carbonyl (C=O) groups excluding carboxylic acids is 1. The molecule has 1 fully saturated rings. The van der Waals surface area contributed by atoms with Crippen molar-refractivity contribution in [3.8, 4) is 0 Å². The van der Waals surface area contributed by atoms with E-state index < -0.39 is 10.0 Å². The zero-order valence-electron chi connectivity index (χ0n) is 16.0. The number of nitrogens with zero attached hydrogens (tertiary/aromatic N) is 1. The van der Waals surface area contributed by atoms with Crippen molar-refractivity contribution in [3.63, 3.8) is 0 Å². The third-order valence-electron chi connectivity index (χ3n) is 4.90. The molecule has 2 aromatic rings. The molecule has 0 radical (unpaired) electrons. The van der Waals surface area contributed by atoms with Crippen LogP contribution in [0.25, 0.3) is 0 Å². The molecule has 1 aromatic carbocycles. The zero-order chi connectivity index (χ0) is 20.0. The normalized spacial score (nSPS) is 15.3. The van der Waals surface area contributed by atoms with Crippen LogP contribution in [0.4, 0.5) is 5.69 Å². The molecule has 8 heteroatoms. The van der Waals surface area contributed by atoms with E-state index in [0.717, 1.165) is 11.0 Å². The molecule has 1 saturated carbocycles. The van der Waals surface area contributed by atoms with Crippen LogP contribution in [0.2, 0.25) is 0 Å². The first-order valence-electron chi connectivity index (χ1n) is 9.51. The number of thiophene rings is 1. The fourth-order valence-electron chi connectivity index (χ4n) is 3.23. The van der Waals surface area contributed by atoms with Crippen LogP contribution in [0.15, 0.2) is 46.0 Å². The first kappa shape index (κ1) is 21.2. The summed E-state index contributed by atoms with van der Waals surface area (Å²) in [4.78, 5) is 12.3. The molecule has 3 rings (SSSR count). The van der Waals surface area contributed by atoms with E-state index in [0.29, 0.717) is 22.0 Å². The largest absolute Gasteiger partial charge is 0.351 e. The smallest absolute Gasteiger partial charge is 0.273 e. The van der Waals surface area contributed by atoms with E-state index in [1.165, 1.54) is 54.8 Å².